The maximum absolute atomic E-state index is 10.5. The van der Waals surface area contributed by atoms with Crippen LogP contribution in [0.4, 0.5) is 0 Å². The Bertz CT molecular complexity index is 1110. The summed E-state index contributed by atoms with van der Waals surface area (Å²) < 4.78 is 38.5. The van der Waals surface area contributed by atoms with E-state index < -0.39 is 10.3 Å². The fraction of sp³-hybridized carbons (Fsp3) is 0.350. The largest absolute Gasteiger partial charge is 0.460 e. The van der Waals surface area contributed by atoms with Crippen LogP contribution in [0.25, 0.3) is 22.2 Å². The third kappa shape index (κ3) is 5.00. The molecule has 152 valence electrons. The van der Waals surface area contributed by atoms with Gasteiger partial charge in [-0.05, 0) is 43.2 Å². The molecule has 0 aliphatic carbocycles. The lowest BCUT2D eigenvalue weighted by Crippen LogP contribution is -2.25. The van der Waals surface area contributed by atoms with E-state index in [1.54, 1.807) is 0 Å². The van der Waals surface area contributed by atoms with Crippen molar-refractivity contribution in [3.05, 3.63) is 42.4 Å². The van der Waals surface area contributed by atoms with E-state index in [2.05, 4.69) is 15.3 Å². The van der Waals surface area contributed by atoms with Crippen molar-refractivity contribution in [1.29, 1.82) is 0 Å². The molecule has 0 spiro atoms. The van der Waals surface area contributed by atoms with E-state index in [-0.39, 0.29) is 12.8 Å². The smallest absolute Gasteiger partial charge is 0.226 e. The van der Waals surface area contributed by atoms with Gasteiger partial charge in [0.05, 0.1) is 24.1 Å². The molecular weight excluding hydrogens is 394 g/mol. The first-order valence-corrected chi connectivity index (χ1v) is 10.6. The summed E-state index contributed by atoms with van der Waals surface area (Å²) in [5, 5.41) is 4.94. The average Bonchev–Trinajstić information content (AvgIpc) is 3.21. The molecule has 1 saturated heterocycles. The van der Waals surface area contributed by atoms with Crippen LogP contribution in [0.2, 0.25) is 0 Å². The van der Waals surface area contributed by atoms with E-state index in [1.807, 2.05) is 30.3 Å². The third-order valence-electron chi connectivity index (χ3n) is 4.59. The standard InChI is InChI=1S/C20H21N3O5S/c24-29(25)10-8-21-12-15-5-7-18(27-15)14-4-6-17-16(11-14)20(23-13-22-17)28-19-3-1-2-9-26-19/h4-7,10-11,13,19,21H,1-3,8-9,12H2. The molecular formula is C20H21N3O5S. The van der Waals surface area contributed by atoms with Crippen LogP contribution in [0, 0.1) is 0 Å². The molecule has 4 rings (SSSR count). The Kier molecular flexibility index (Phi) is 6.18. The minimum Gasteiger partial charge on any atom is -0.460 e. The fourth-order valence-corrected chi connectivity index (χ4v) is 3.41. The number of benzene rings is 1. The number of furan rings is 1. The van der Waals surface area contributed by atoms with Gasteiger partial charge in [-0.25, -0.2) is 9.97 Å². The Labute approximate surface area is 169 Å². The van der Waals surface area contributed by atoms with E-state index in [4.69, 9.17) is 13.9 Å². The molecule has 2 aromatic heterocycles. The lowest BCUT2D eigenvalue weighted by atomic mass is 10.1. The van der Waals surface area contributed by atoms with Crippen LogP contribution in [-0.2, 0) is 21.6 Å². The summed E-state index contributed by atoms with van der Waals surface area (Å²) in [5.41, 5.74) is 1.66. The van der Waals surface area contributed by atoms with E-state index in [9.17, 15) is 8.42 Å². The van der Waals surface area contributed by atoms with Crippen molar-refractivity contribution in [1.82, 2.24) is 15.3 Å². The molecule has 1 fully saturated rings. The SMILES string of the molecule is O=S(=O)=CCNCc1ccc(-c2ccc3ncnc(OC4CCCCO4)c3c2)o1. The Hall–Kier alpha value is -2.75. The quantitative estimate of drug-likeness (QED) is 0.464. The summed E-state index contributed by atoms with van der Waals surface area (Å²) in [6, 6.07) is 9.51. The van der Waals surface area contributed by atoms with Crippen molar-refractivity contribution in [2.45, 2.75) is 32.1 Å². The van der Waals surface area contributed by atoms with Gasteiger partial charge in [0.15, 0.2) is 0 Å². The number of hydrogen-bond donors (Lipinski definition) is 1. The van der Waals surface area contributed by atoms with Crippen LogP contribution in [0.5, 0.6) is 5.88 Å². The Balaban J connectivity index is 1.53. The van der Waals surface area contributed by atoms with Crippen LogP contribution < -0.4 is 10.1 Å². The maximum atomic E-state index is 10.5. The molecule has 1 unspecified atom stereocenters. The number of hydrogen-bond acceptors (Lipinski definition) is 8. The summed E-state index contributed by atoms with van der Waals surface area (Å²) >= 11 is 0. The maximum Gasteiger partial charge on any atom is 0.226 e. The van der Waals surface area contributed by atoms with Crippen molar-refractivity contribution in [2.75, 3.05) is 13.2 Å². The van der Waals surface area contributed by atoms with E-state index in [0.29, 0.717) is 30.6 Å². The zero-order valence-corrected chi connectivity index (χ0v) is 16.5. The molecule has 1 aromatic carbocycles. The van der Waals surface area contributed by atoms with Gasteiger partial charge in [-0.2, -0.15) is 8.42 Å². The normalized spacial score (nSPS) is 16.6. The molecule has 0 bridgehead atoms. The summed E-state index contributed by atoms with van der Waals surface area (Å²) in [7, 11) is -2.17. The van der Waals surface area contributed by atoms with Gasteiger partial charge >= 0.3 is 0 Å². The van der Waals surface area contributed by atoms with Crippen molar-refractivity contribution < 1.29 is 22.3 Å². The van der Waals surface area contributed by atoms with Crippen LogP contribution >= 0.6 is 0 Å². The van der Waals surface area contributed by atoms with E-state index in [1.165, 1.54) is 6.33 Å². The van der Waals surface area contributed by atoms with Crippen molar-refractivity contribution in [2.24, 2.45) is 0 Å². The van der Waals surface area contributed by atoms with Gasteiger partial charge in [-0.1, -0.05) is 0 Å². The second-order valence-corrected chi connectivity index (χ2v) is 7.50. The lowest BCUT2D eigenvalue weighted by molar-refractivity contribution is -0.107. The van der Waals surface area contributed by atoms with Gasteiger partial charge < -0.3 is 19.2 Å². The first-order valence-electron chi connectivity index (χ1n) is 9.43. The zero-order chi connectivity index (χ0) is 20.1. The lowest BCUT2D eigenvalue weighted by Gasteiger charge is -2.23. The predicted octanol–water partition coefficient (Wildman–Crippen LogP) is 2.57. The minimum atomic E-state index is -2.17. The molecule has 0 amide bonds. The molecule has 8 nitrogen and oxygen atoms in total. The molecule has 9 heteroatoms. The molecule has 3 aromatic rings. The minimum absolute atomic E-state index is 0.253. The summed E-state index contributed by atoms with van der Waals surface area (Å²) in [6.45, 7) is 1.38. The number of rotatable bonds is 7. The van der Waals surface area contributed by atoms with Crippen molar-refractivity contribution >= 4 is 26.6 Å². The van der Waals surface area contributed by atoms with Crippen LogP contribution in [0.1, 0.15) is 25.0 Å². The number of fused-ring (bicyclic) bond motifs is 1. The van der Waals surface area contributed by atoms with Gasteiger partial charge in [0.25, 0.3) is 0 Å². The van der Waals surface area contributed by atoms with E-state index >= 15 is 0 Å². The molecule has 0 saturated carbocycles. The van der Waals surface area contributed by atoms with Gasteiger partial charge in [0.2, 0.25) is 22.5 Å². The monoisotopic (exact) mass is 415 g/mol. The van der Waals surface area contributed by atoms with E-state index in [0.717, 1.165) is 41.1 Å². The van der Waals surface area contributed by atoms with Gasteiger partial charge in [0, 0.05) is 23.9 Å². The van der Waals surface area contributed by atoms with Crippen molar-refractivity contribution in [3.63, 3.8) is 0 Å². The Morgan fingerprint density at radius 2 is 2.14 bits per heavy atom. The second kappa shape index (κ2) is 9.17. The molecule has 1 aliphatic rings. The number of nitrogens with one attached hydrogen (secondary N) is 1. The number of ether oxygens (including phenoxy) is 2. The highest BCUT2D eigenvalue weighted by molar-refractivity contribution is 7.71. The van der Waals surface area contributed by atoms with Gasteiger partial charge in [-0.15, -0.1) is 0 Å². The predicted molar refractivity (Wildman–Crippen MR) is 108 cm³/mol. The molecule has 0 radical (unpaired) electrons. The van der Waals surface area contributed by atoms with Gasteiger partial charge in [0.1, 0.15) is 17.8 Å². The highest BCUT2D eigenvalue weighted by atomic mass is 32.2. The zero-order valence-electron chi connectivity index (χ0n) is 15.7. The molecule has 3 heterocycles. The Morgan fingerprint density at radius 3 is 2.97 bits per heavy atom. The number of nitrogens with zero attached hydrogens (tertiary/aromatic N) is 2. The number of aromatic nitrogens is 2. The van der Waals surface area contributed by atoms with Gasteiger partial charge in [-0.3, -0.25) is 0 Å². The highest BCUT2D eigenvalue weighted by Gasteiger charge is 2.18. The average molecular weight is 415 g/mol. The van der Waals surface area contributed by atoms with Crippen molar-refractivity contribution in [3.8, 4) is 17.2 Å². The highest BCUT2D eigenvalue weighted by Crippen LogP contribution is 2.30. The summed E-state index contributed by atoms with van der Waals surface area (Å²) in [6.07, 6.45) is 4.17. The van der Waals surface area contributed by atoms with Crippen LogP contribution in [0.3, 0.4) is 0 Å². The van der Waals surface area contributed by atoms with Crippen LogP contribution in [-0.4, -0.2) is 43.2 Å². The molecule has 1 N–H and O–H groups in total. The fourth-order valence-electron chi connectivity index (χ4n) is 3.16. The second-order valence-electron chi connectivity index (χ2n) is 6.65. The summed E-state index contributed by atoms with van der Waals surface area (Å²) in [5.74, 6) is 1.91. The molecule has 29 heavy (non-hydrogen) atoms. The topological polar surface area (TPSA) is 104 Å². The summed E-state index contributed by atoms with van der Waals surface area (Å²) in [4.78, 5) is 8.61. The molecule has 1 aliphatic heterocycles. The Morgan fingerprint density at radius 1 is 1.21 bits per heavy atom. The first kappa shape index (κ1) is 19.6. The first-order chi connectivity index (χ1) is 14.2. The molecule has 1 atom stereocenters. The third-order valence-corrected chi connectivity index (χ3v) is 5.03. The van der Waals surface area contributed by atoms with Crippen LogP contribution in [0.15, 0.2) is 41.1 Å².